The van der Waals surface area contributed by atoms with E-state index in [1.807, 2.05) is 35.2 Å². The lowest BCUT2D eigenvalue weighted by Crippen LogP contribution is -2.60. The molecule has 0 aliphatic heterocycles. The number of rotatable bonds is 7. The Morgan fingerprint density at radius 2 is 1.76 bits per heavy atom. The molecule has 4 saturated carbocycles. The number of amides is 1. The minimum atomic E-state index is 0.152. The van der Waals surface area contributed by atoms with Gasteiger partial charge in [-0.2, -0.15) is 0 Å². The highest BCUT2D eigenvalue weighted by Crippen LogP contribution is 2.55. The van der Waals surface area contributed by atoms with Crippen LogP contribution in [-0.4, -0.2) is 25.1 Å². The highest BCUT2D eigenvalue weighted by atomic mass is 32.1. The van der Waals surface area contributed by atoms with Gasteiger partial charge in [-0.1, -0.05) is 6.07 Å². The summed E-state index contributed by atoms with van der Waals surface area (Å²) in [6.45, 7) is 1.04. The maximum atomic E-state index is 13.4. The number of anilines is 1. The van der Waals surface area contributed by atoms with Crippen LogP contribution in [0.25, 0.3) is 0 Å². The monoisotopic (exact) mass is 410 g/mol. The third-order valence-corrected chi connectivity index (χ3v) is 8.09. The predicted molar refractivity (Wildman–Crippen MR) is 117 cm³/mol. The molecular formula is C24H30N2O2S. The third-order valence-electron chi connectivity index (χ3n) is 7.23. The largest absolute Gasteiger partial charge is 0.497 e. The van der Waals surface area contributed by atoms with E-state index in [1.54, 1.807) is 18.4 Å². The Kier molecular flexibility index (Phi) is 5.12. The van der Waals surface area contributed by atoms with E-state index in [1.165, 1.54) is 43.4 Å². The molecule has 4 fully saturated rings. The number of thiophene rings is 1. The van der Waals surface area contributed by atoms with Crippen molar-refractivity contribution >= 4 is 22.9 Å². The molecule has 154 valence electrons. The summed E-state index contributed by atoms with van der Waals surface area (Å²) in [6.07, 6.45) is 8.06. The van der Waals surface area contributed by atoms with Gasteiger partial charge in [0, 0.05) is 16.1 Å². The van der Waals surface area contributed by atoms with Crippen LogP contribution in [0, 0.1) is 17.8 Å². The normalized spacial score (nSPS) is 29.8. The average Bonchev–Trinajstić information content (AvgIpc) is 3.23. The van der Waals surface area contributed by atoms with Crippen molar-refractivity contribution in [1.82, 2.24) is 5.32 Å². The smallest absolute Gasteiger partial charge is 0.241 e. The minimum absolute atomic E-state index is 0.152. The van der Waals surface area contributed by atoms with E-state index in [9.17, 15) is 4.79 Å². The quantitative estimate of drug-likeness (QED) is 0.710. The van der Waals surface area contributed by atoms with E-state index < -0.39 is 0 Å². The van der Waals surface area contributed by atoms with Crippen LogP contribution >= 0.6 is 11.3 Å². The molecule has 0 radical (unpaired) electrons. The first-order valence-electron chi connectivity index (χ1n) is 10.8. The fraction of sp³-hybridized carbons (Fsp3) is 0.542. The van der Waals surface area contributed by atoms with Crippen LogP contribution in [0.3, 0.4) is 0 Å². The number of carbonyl (C=O) groups is 1. The molecule has 4 nitrogen and oxygen atoms in total. The lowest BCUT2D eigenvalue weighted by atomic mass is 9.53. The zero-order chi connectivity index (χ0) is 19.8. The summed E-state index contributed by atoms with van der Waals surface area (Å²) >= 11 is 1.70. The first-order chi connectivity index (χ1) is 14.1. The highest BCUT2D eigenvalue weighted by molar-refractivity contribution is 7.09. The van der Waals surface area contributed by atoms with Gasteiger partial charge >= 0.3 is 0 Å². The Morgan fingerprint density at radius 1 is 1.10 bits per heavy atom. The van der Waals surface area contributed by atoms with Crippen molar-refractivity contribution in [2.24, 2.45) is 17.8 Å². The van der Waals surface area contributed by atoms with Crippen molar-refractivity contribution in [3.8, 4) is 5.75 Å². The lowest BCUT2D eigenvalue weighted by Gasteiger charge is -2.57. The molecule has 4 aliphatic carbocycles. The zero-order valence-electron chi connectivity index (χ0n) is 17.1. The zero-order valence-corrected chi connectivity index (χ0v) is 17.9. The maximum Gasteiger partial charge on any atom is 0.241 e. The van der Waals surface area contributed by atoms with E-state index >= 15 is 0 Å². The topological polar surface area (TPSA) is 41.6 Å². The Labute approximate surface area is 177 Å². The fourth-order valence-electron chi connectivity index (χ4n) is 6.33. The molecule has 1 aromatic carbocycles. The number of nitrogens with one attached hydrogen (secondary N) is 1. The van der Waals surface area contributed by atoms with Crippen molar-refractivity contribution < 1.29 is 9.53 Å². The van der Waals surface area contributed by atoms with Crippen LogP contribution in [0.5, 0.6) is 5.75 Å². The van der Waals surface area contributed by atoms with Gasteiger partial charge in [0.05, 0.1) is 20.2 Å². The fourth-order valence-corrected chi connectivity index (χ4v) is 7.02. The summed E-state index contributed by atoms with van der Waals surface area (Å²) in [5, 5.41) is 5.84. The SMILES string of the molecule is COc1ccc(N(Cc2cccs2)C(=O)CNC23CC4CC(CC(C4)C2)C3)cc1. The third kappa shape index (κ3) is 3.95. The van der Waals surface area contributed by atoms with Gasteiger partial charge in [0.15, 0.2) is 0 Å². The van der Waals surface area contributed by atoms with Crippen LogP contribution in [0.15, 0.2) is 41.8 Å². The Morgan fingerprint density at radius 3 is 2.31 bits per heavy atom. The van der Waals surface area contributed by atoms with Crippen LogP contribution in [-0.2, 0) is 11.3 Å². The van der Waals surface area contributed by atoms with Gasteiger partial charge < -0.3 is 15.0 Å². The first kappa shape index (κ1) is 19.1. The molecule has 0 saturated heterocycles. The van der Waals surface area contributed by atoms with Crippen molar-refractivity contribution in [1.29, 1.82) is 0 Å². The van der Waals surface area contributed by atoms with Gasteiger partial charge in [-0.15, -0.1) is 11.3 Å². The Balaban J connectivity index is 1.31. The molecule has 1 aromatic heterocycles. The molecular weight excluding hydrogens is 380 g/mol. The number of benzene rings is 1. The number of hydrogen-bond donors (Lipinski definition) is 1. The maximum absolute atomic E-state index is 13.4. The summed E-state index contributed by atoms with van der Waals surface area (Å²) < 4.78 is 5.29. The second-order valence-electron chi connectivity index (χ2n) is 9.31. The van der Waals surface area contributed by atoms with Crippen molar-refractivity contribution in [3.05, 3.63) is 46.7 Å². The standard InChI is InChI=1S/C24H30N2O2S/c1-28-21-6-4-20(5-7-21)26(16-22-3-2-8-29-22)23(27)15-25-24-12-17-9-18(13-24)11-19(10-17)14-24/h2-8,17-19,25H,9-16H2,1H3. The molecule has 2 aromatic rings. The molecule has 4 bridgehead atoms. The van der Waals surface area contributed by atoms with Crippen molar-refractivity contribution in [3.63, 3.8) is 0 Å². The molecule has 0 atom stereocenters. The second-order valence-corrected chi connectivity index (χ2v) is 10.3. The van der Waals surface area contributed by atoms with Gasteiger partial charge in [-0.25, -0.2) is 0 Å². The second kappa shape index (κ2) is 7.77. The Hall–Kier alpha value is -1.85. The lowest BCUT2D eigenvalue weighted by molar-refractivity contribution is -0.119. The molecule has 0 spiro atoms. The van der Waals surface area contributed by atoms with Crippen LogP contribution in [0.4, 0.5) is 5.69 Å². The molecule has 5 heteroatoms. The number of nitrogens with zero attached hydrogens (tertiary/aromatic N) is 1. The highest BCUT2D eigenvalue weighted by Gasteiger charge is 2.50. The van der Waals surface area contributed by atoms with Gasteiger partial charge in [0.25, 0.3) is 0 Å². The minimum Gasteiger partial charge on any atom is -0.497 e. The molecule has 0 unspecified atom stereocenters. The summed E-state index contributed by atoms with van der Waals surface area (Å²) in [4.78, 5) is 16.5. The van der Waals surface area contributed by atoms with E-state index in [2.05, 4.69) is 16.8 Å². The van der Waals surface area contributed by atoms with Gasteiger partial charge in [-0.05, 0) is 92.0 Å². The Bertz CT molecular complexity index is 811. The van der Waals surface area contributed by atoms with Crippen LogP contribution < -0.4 is 15.0 Å². The molecule has 1 heterocycles. The first-order valence-corrected chi connectivity index (χ1v) is 11.7. The van der Waals surface area contributed by atoms with Gasteiger partial charge in [-0.3, -0.25) is 4.79 Å². The van der Waals surface area contributed by atoms with E-state index in [0.717, 1.165) is 29.2 Å². The molecule has 4 aliphatic rings. The summed E-state index contributed by atoms with van der Waals surface area (Å²) in [5.74, 6) is 3.61. The van der Waals surface area contributed by atoms with E-state index in [0.29, 0.717) is 13.1 Å². The van der Waals surface area contributed by atoms with E-state index in [-0.39, 0.29) is 11.4 Å². The molecule has 1 amide bonds. The number of methoxy groups -OCH3 is 1. The number of carbonyl (C=O) groups excluding carboxylic acids is 1. The molecule has 6 rings (SSSR count). The van der Waals surface area contributed by atoms with Crippen LogP contribution in [0.2, 0.25) is 0 Å². The van der Waals surface area contributed by atoms with Gasteiger partial charge in [0.1, 0.15) is 5.75 Å². The number of hydrogen-bond acceptors (Lipinski definition) is 4. The van der Waals surface area contributed by atoms with Crippen molar-refractivity contribution in [2.75, 3.05) is 18.6 Å². The summed E-state index contributed by atoms with van der Waals surface area (Å²) in [5.41, 5.74) is 1.13. The predicted octanol–water partition coefficient (Wildman–Crippen LogP) is 4.85. The summed E-state index contributed by atoms with van der Waals surface area (Å²) in [7, 11) is 1.67. The molecule has 1 N–H and O–H groups in total. The summed E-state index contributed by atoms with van der Waals surface area (Å²) in [6, 6.07) is 12.0. The average molecular weight is 411 g/mol. The van der Waals surface area contributed by atoms with E-state index in [4.69, 9.17) is 4.74 Å². The van der Waals surface area contributed by atoms with Crippen molar-refractivity contribution in [2.45, 2.75) is 50.6 Å². The molecule has 29 heavy (non-hydrogen) atoms. The number of ether oxygens (including phenoxy) is 1. The van der Waals surface area contributed by atoms with Gasteiger partial charge in [0.2, 0.25) is 5.91 Å². The van der Waals surface area contributed by atoms with Crippen LogP contribution in [0.1, 0.15) is 43.4 Å².